The normalized spacial score (nSPS) is 11.1. The maximum atomic E-state index is 5.66. The molecule has 0 aliphatic rings. The van der Waals surface area contributed by atoms with Crippen molar-refractivity contribution in [3.05, 3.63) is 0 Å². The molecule has 20 heavy (non-hydrogen) atoms. The van der Waals surface area contributed by atoms with E-state index in [4.69, 9.17) is 17.3 Å². The van der Waals surface area contributed by atoms with Crippen LogP contribution in [0.25, 0.3) is 0 Å². The van der Waals surface area contributed by atoms with Gasteiger partial charge < -0.3 is 5.73 Å². The predicted octanol–water partition coefficient (Wildman–Crippen LogP) is 6.43. The number of rotatable bonds is 17. The van der Waals surface area contributed by atoms with Crippen LogP contribution >= 0.6 is 11.6 Å². The molecule has 0 unspecified atom stereocenters. The second-order valence-corrected chi connectivity index (χ2v) is 6.51. The predicted molar refractivity (Wildman–Crippen MR) is 93.6 cm³/mol. The molecule has 0 aromatic heterocycles. The lowest BCUT2D eigenvalue weighted by Crippen LogP contribution is -1.97. The van der Waals surface area contributed by atoms with E-state index in [9.17, 15) is 0 Å². The summed E-state index contributed by atoms with van der Waals surface area (Å²) < 4.78 is 0. The van der Waals surface area contributed by atoms with Gasteiger partial charge in [0.05, 0.1) is 0 Å². The van der Waals surface area contributed by atoms with E-state index >= 15 is 0 Å². The Morgan fingerprint density at radius 2 is 0.650 bits per heavy atom. The van der Waals surface area contributed by atoms with Crippen LogP contribution in [0.15, 0.2) is 0 Å². The summed E-state index contributed by atoms with van der Waals surface area (Å²) in [4.78, 5) is 0. The summed E-state index contributed by atoms with van der Waals surface area (Å²) in [5.74, 6) is 0.840. The van der Waals surface area contributed by atoms with Crippen LogP contribution in [0.4, 0.5) is 0 Å². The van der Waals surface area contributed by atoms with Crippen molar-refractivity contribution in [2.24, 2.45) is 5.73 Å². The molecule has 0 aliphatic carbocycles. The molecule has 1 nitrogen and oxygen atoms in total. The van der Waals surface area contributed by atoms with E-state index in [1.165, 1.54) is 103 Å². The lowest BCUT2D eigenvalue weighted by molar-refractivity contribution is 0.530. The van der Waals surface area contributed by atoms with E-state index in [1.807, 2.05) is 0 Å². The van der Waals surface area contributed by atoms with Gasteiger partial charge in [-0.25, -0.2) is 0 Å². The molecular weight excluding hydrogens is 266 g/mol. The zero-order chi connectivity index (χ0) is 14.7. The van der Waals surface area contributed by atoms with Crippen molar-refractivity contribution < 1.29 is 0 Å². The minimum atomic E-state index is 0.840. The molecule has 0 bridgehead atoms. The topological polar surface area (TPSA) is 26.0 Å². The molecule has 2 N–H and O–H groups in total. The summed E-state index contributed by atoms with van der Waals surface area (Å²) >= 11 is 5.66. The lowest BCUT2D eigenvalue weighted by atomic mass is 10.0. The number of hydrogen-bond donors (Lipinski definition) is 1. The van der Waals surface area contributed by atoms with Gasteiger partial charge in [-0.1, -0.05) is 89.9 Å². The van der Waals surface area contributed by atoms with Crippen LogP contribution in [0.3, 0.4) is 0 Å². The monoisotopic (exact) mass is 303 g/mol. The number of alkyl halides is 1. The van der Waals surface area contributed by atoms with E-state index in [0.717, 1.165) is 12.4 Å². The first kappa shape index (κ1) is 20.2. The van der Waals surface area contributed by atoms with Gasteiger partial charge in [0, 0.05) is 5.88 Å². The maximum Gasteiger partial charge on any atom is 0.0223 e. The number of unbranched alkanes of at least 4 members (excludes halogenated alkanes) is 15. The molecule has 2 heteroatoms. The molecular formula is C18H38ClN. The summed E-state index contributed by atoms with van der Waals surface area (Å²) in [5.41, 5.74) is 5.48. The number of nitrogens with two attached hydrogens (primary N) is 1. The molecule has 0 saturated carbocycles. The van der Waals surface area contributed by atoms with Crippen molar-refractivity contribution in [1.82, 2.24) is 0 Å². The second-order valence-electron chi connectivity index (χ2n) is 6.13. The molecule has 0 rings (SSSR count). The van der Waals surface area contributed by atoms with Crippen molar-refractivity contribution in [3.63, 3.8) is 0 Å². The van der Waals surface area contributed by atoms with Crippen molar-refractivity contribution in [2.45, 2.75) is 103 Å². The Balaban J connectivity index is 2.89. The van der Waals surface area contributed by atoms with Gasteiger partial charge in [0.25, 0.3) is 0 Å². The van der Waals surface area contributed by atoms with Crippen LogP contribution < -0.4 is 5.73 Å². The van der Waals surface area contributed by atoms with Gasteiger partial charge >= 0.3 is 0 Å². The highest BCUT2D eigenvalue weighted by atomic mass is 35.5. The van der Waals surface area contributed by atoms with Crippen LogP contribution in [0.1, 0.15) is 103 Å². The molecule has 0 radical (unpaired) electrons. The highest BCUT2D eigenvalue weighted by molar-refractivity contribution is 6.17. The summed E-state index contributed by atoms with van der Waals surface area (Å²) in [6.07, 6.45) is 22.3. The number of halogens is 1. The van der Waals surface area contributed by atoms with Crippen LogP contribution in [0.2, 0.25) is 0 Å². The largest absolute Gasteiger partial charge is 0.330 e. The first-order valence-electron chi connectivity index (χ1n) is 9.18. The second kappa shape index (κ2) is 19.2. The quantitative estimate of drug-likeness (QED) is 0.243. The average Bonchev–Trinajstić information content (AvgIpc) is 2.47. The van der Waals surface area contributed by atoms with E-state index < -0.39 is 0 Å². The van der Waals surface area contributed by atoms with Crippen LogP contribution in [-0.4, -0.2) is 12.4 Å². The van der Waals surface area contributed by atoms with Crippen LogP contribution in [0, 0.1) is 0 Å². The summed E-state index contributed by atoms with van der Waals surface area (Å²) in [7, 11) is 0. The SMILES string of the molecule is NCCCCCCCCCCCCCCCCCCCl. The van der Waals surface area contributed by atoms with Gasteiger partial charge in [0.15, 0.2) is 0 Å². The Hall–Kier alpha value is 0.250. The Kier molecular flexibility index (Phi) is 19.5. The minimum Gasteiger partial charge on any atom is -0.330 e. The highest BCUT2D eigenvalue weighted by Crippen LogP contribution is 2.13. The zero-order valence-corrected chi connectivity index (χ0v) is 14.4. The van der Waals surface area contributed by atoms with Gasteiger partial charge in [-0.3, -0.25) is 0 Å². The van der Waals surface area contributed by atoms with Gasteiger partial charge in [0.1, 0.15) is 0 Å². The van der Waals surface area contributed by atoms with Crippen LogP contribution in [-0.2, 0) is 0 Å². The molecule has 0 spiro atoms. The molecule has 0 aromatic carbocycles. The third-order valence-electron chi connectivity index (χ3n) is 4.09. The van der Waals surface area contributed by atoms with Crippen molar-refractivity contribution in [3.8, 4) is 0 Å². The van der Waals surface area contributed by atoms with E-state index in [2.05, 4.69) is 0 Å². The van der Waals surface area contributed by atoms with Crippen molar-refractivity contribution in [2.75, 3.05) is 12.4 Å². The van der Waals surface area contributed by atoms with Gasteiger partial charge in [-0.15, -0.1) is 11.6 Å². The fourth-order valence-corrected chi connectivity index (χ4v) is 2.90. The Labute approximate surface area is 133 Å². The highest BCUT2D eigenvalue weighted by Gasteiger charge is 1.94. The van der Waals surface area contributed by atoms with Crippen LogP contribution in [0.5, 0.6) is 0 Å². The third kappa shape index (κ3) is 18.2. The fraction of sp³-hybridized carbons (Fsp3) is 1.00. The molecule has 0 aromatic rings. The van der Waals surface area contributed by atoms with Crippen molar-refractivity contribution in [1.29, 1.82) is 0 Å². The molecule has 0 aliphatic heterocycles. The van der Waals surface area contributed by atoms with E-state index in [0.29, 0.717) is 0 Å². The summed E-state index contributed by atoms with van der Waals surface area (Å²) in [6.45, 7) is 0.868. The van der Waals surface area contributed by atoms with Crippen molar-refractivity contribution >= 4 is 11.6 Å². The first-order chi connectivity index (χ1) is 9.91. The third-order valence-corrected chi connectivity index (χ3v) is 4.36. The molecule has 0 amide bonds. The average molecular weight is 304 g/mol. The Morgan fingerprint density at radius 3 is 0.900 bits per heavy atom. The molecule has 122 valence electrons. The summed E-state index contributed by atoms with van der Waals surface area (Å²) in [6, 6.07) is 0. The maximum absolute atomic E-state index is 5.66. The molecule has 0 atom stereocenters. The fourth-order valence-electron chi connectivity index (χ4n) is 2.71. The van der Waals surface area contributed by atoms with Gasteiger partial charge in [-0.05, 0) is 19.4 Å². The lowest BCUT2D eigenvalue weighted by Gasteiger charge is -2.03. The van der Waals surface area contributed by atoms with E-state index in [-0.39, 0.29) is 0 Å². The van der Waals surface area contributed by atoms with Gasteiger partial charge in [0.2, 0.25) is 0 Å². The standard InChI is InChI=1S/C18H38ClN/c19-17-15-13-11-9-7-5-3-1-2-4-6-8-10-12-14-16-18-20/h1-18,20H2. The Bertz CT molecular complexity index is 143. The zero-order valence-electron chi connectivity index (χ0n) is 13.7. The molecule has 0 fully saturated rings. The number of hydrogen-bond acceptors (Lipinski definition) is 1. The summed E-state index contributed by atoms with van der Waals surface area (Å²) in [5, 5.41) is 0. The molecule has 0 saturated heterocycles. The Morgan fingerprint density at radius 1 is 0.400 bits per heavy atom. The first-order valence-corrected chi connectivity index (χ1v) is 9.71. The smallest absolute Gasteiger partial charge is 0.0223 e. The van der Waals surface area contributed by atoms with Gasteiger partial charge in [-0.2, -0.15) is 0 Å². The van der Waals surface area contributed by atoms with E-state index in [1.54, 1.807) is 0 Å². The molecule has 0 heterocycles. The minimum absolute atomic E-state index is 0.840.